The normalized spacial score (nSPS) is 10.9. The number of hydrogen-bond donors (Lipinski definition) is 2. The third kappa shape index (κ3) is 15.2. The Kier molecular flexibility index (Phi) is 17.9. The number of amides is 2. The van der Waals surface area contributed by atoms with Crippen LogP contribution in [0.2, 0.25) is 0 Å². The van der Waals surface area contributed by atoms with Crippen LogP contribution in [0.3, 0.4) is 0 Å². The number of rotatable bonds is 22. The summed E-state index contributed by atoms with van der Waals surface area (Å²) in [6.45, 7) is 6.71. The molecule has 0 radical (unpaired) electrons. The highest BCUT2D eigenvalue weighted by Crippen LogP contribution is 2.29. The number of ether oxygens (including phenoxy) is 3. The summed E-state index contributed by atoms with van der Waals surface area (Å²) in [4.78, 5) is 36.8. The molecule has 0 bridgehead atoms. The molecular weight excluding hydrogens is 546 g/mol. The minimum Gasteiger partial charge on any atom is -0.494 e. The van der Waals surface area contributed by atoms with E-state index in [2.05, 4.69) is 22.8 Å². The van der Waals surface area contributed by atoms with Crippen molar-refractivity contribution in [2.75, 3.05) is 19.8 Å². The van der Waals surface area contributed by atoms with Crippen LogP contribution in [0.1, 0.15) is 114 Å². The van der Waals surface area contributed by atoms with Crippen molar-refractivity contribution in [3.8, 4) is 17.2 Å². The number of hydrogen-bond acceptors (Lipinski definition) is 7. The monoisotopic (exact) mass is 595 g/mol. The van der Waals surface area contributed by atoms with Crippen LogP contribution in [-0.2, 0) is 9.59 Å². The van der Waals surface area contributed by atoms with Crippen LogP contribution >= 0.6 is 0 Å². The Labute approximate surface area is 256 Å². The van der Waals surface area contributed by atoms with E-state index in [0.29, 0.717) is 42.3 Å². The summed E-state index contributed by atoms with van der Waals surface area (Å²) in [7, 11) is 0. The Morgan fingerprint density at radius 3 is 1.98 bits per heavy atom. The van der Waals surface area contributed by atoms with Crippen molar-refractivity contribution in [2.24, 2.45) is 5.10 Å². The quantitative estimate of drug-likeness (QED) is 0.0499. The fourth-order valence-electron chi connectivity index (χ4n) is 4.41. The van der Waals surface area contributed by atoms with Crippen LogP contribution in [0.15, 0.2) is 47.6 Å². The molecule has 0 aliphatic rings. The van der Waals surface area contributed by atoms with E-state index in [9.17, 15) is 14.4 Å². The molecule has 0 saturated heterocycles. The van der Waals surface area contributed by atoms with Gasteiger partial charge in [0.1, 0.15) is 5.75 Å². The topological polar surface area (TPSA) is 115 Å². The molecule has 236 valence electrons. The van der Waals surface area contributed by atoms with Crippen molar-refractivity contribution < 1.29 is 28.6 Å². The van der Waals surface area contributed by atoms with Crippen molar-refractivity contribution in [3.63, 3.8) is 0 Å². The second-order valence-electron chi connectivity index (χ2n) is 10.3. The number of hydrazone groups is 1. The maximum absolute atomic E-state index is 12.6. The van der Waals surface area contributed by atoms with E-state index in [4.69, 9.17) is 14.2 Å². The molecule has 0 aromatic heterocycles. The van der Waals surface area contributed by atoms with E-state index in [-0.39, 0.29) is 18.2 Å². The number of nitrogens with one attached hydrogen (secondary N) is 2. The third-order valence-corrected chi connectivity index (χ3v) is 6.73. The molecule has 9 heteroatoms. The Bertz CT molecular complexity index is 1130. The lowest BCUT2D eigenvalue weighted by Crippen LogP contribution is -2.34. The number of esters is 1. The van der Waals surface area contributed by atoms with Gasteiger partial charge in [-0.1, -0.05) is 71.1 Å². The van der Waals surface area contributed by atoms with Gasteiger partial charge in [0, 0.05) is 6.42 Å². The summed E-state index contributed by atoms with van der Waals surface area (Å²) < 4.78 is 16.6. The van der Waals surface area contributed by atoms with E-state index < -0.39 is 11.9 Å². The van der Waals surface area contributed by atoms with Crippen LogP contribution in [0.25, 0.3) is 0 Å². The second-order valence-corrected chi connectivity index (χ2v) is 10.3. The highest BCUT2D eigenvalue weighted by molar-refractivity contribution is 5.92. The lowest BCUT2D eigenvalue weighted by molar-refractivity contribution is -0.126. The molecule has 0 aliphatic heterocycles. The van der Waals surface area contributed by atoms with Gasteiger partial charge in [-0.2, -0.15) is 5.10 Å². The molecule has 0 aliphatic carbocycles. The predicted molar refractivity (Wildman–Crippen MR) is 170 cm³/mol. The van der Waals surface area contributed by atoms with Gasteiger partial charge in [-0.15, -0.1) is 0 Å². The van der Waals surface area contributed by atoms with Crippen LogP contribution in [-0.4, -0.2) is 43.8 Å². The molecule has 2 N–H and O–H groups in total. The second kappa shape index (κ2) is 21.8. The number of carbonyl (C=O) groups excluding carboxylic acids is 3. The van der Waals surface area contributed by atoms with Crippen molar-refractivity contribution in [3.05, 3.63) is 53.6 Å². The molecule has 2 aromatic rings. The Morgan fingerprint density at radius 1 is 0.721 bits per heavy atom. The summed E-state index contributed by atoms with van der Waals surface area (Å²) in [5, 5.41) is 6.60. The highest BCUT2D eigenvalue weighted by Gasteiger charge is 2.14. The van der Waals surface area contributed by atoms with Crippen LogP contribution < -0.4 is 25.0 Å². The SMILES string of the molecule is CCCCCCCCCCCCCC(=O)NCC(=O)N/N=C/c1ccc(OC(=O)c2ccc(OCC)cc2)c(OCC)c1. The minimum absolute atomic E-state index is 0.133. The van der Waals surface area contributed by atoms with Gasteiger partial charge in [-0.25, -0.2) is 10.2 Å². The van der Waals surface area contributed by atoms with E-state index in [0.717, 1.165) is 19.3 Å². The van der Waals surface area contributed by atoms with Gasteiger partial charge < -0.3 is 19.5 Å². The number of carbonyl (C=O) groups is 3. The first-order valence-electron chi connectivity index (χ1n) is 15.8. The van der Waals surface area contributed by atoms with Crippen molar-refractivity contribution in [1.82, 2.24) is 10.7 Å². The molecule has 2 rings (SSSR count). The van der Waals surface area contributed by atoms with Crippen LogP contribution in [0.4, 0.5) is 0 Å². The molecule has 0 unspecified atom stereocenters. The van der Waals surface area contributed by atoms with Gasteiger partial charge in [-0.05, 0) is 68.3 Å². The fraction of sp³-hybridized carbons (Fsp3) is 0.529. The highest BCUT2D eigenvalue weighted by atomic mass is 16.6. The minimum atomic E-state index is -0.525. The maximum atomic E-state index is 12.6. The Balaban J connectivity index is 1.68. The number of benzene rings is 2. The fourth-order valence-corrected chi connectivity index (χ4v) is 4.41. The van der Waals surface area contributed by atoms with Crippen molar-refractivity contribution in [1.29, 1.82) is 0 Å². The predicted octanol–water partition coefficient (Wildman–Crippen LogP) is 6.97. The van der Waals surface area contributed by atoms with Gasteiger partial charge in [-0.3, -0.25) is 9.59 Å². The molecule has 2 aromatic carbocycles. The average Bonchev–Trinajstić information content (AvgIpc) is 3.00. The molecule has 43 heavy (non-hydrogen) atoms. The van der Waals surface area contributed by atoms with Crippen LogP contribution in [0, 0.1) is 0 Å². The van der Waals surface area contributed by atoms with Crippen LogP contribution in [0.5, 0.6) is 17.2 Å². The van der Waals surface area contributed by atoms with Crippen molar-refractivity contribution in [2.45, 2.75) is 97.8 Å². The molecular formula is C34H49N3O6. The zero-order chi connectivity index (χ0) is 31.1. The Morgan fingerprint density at radius 2 is 1.35 bits per heavy atom. The lowest BCUT2D eigenvalue weighted by Gasteiger charge is -2.11. The zero-order valence-corrected chi connectivity index (χ0v) is 26.1. The van der Waals surface area contributed by atoms with Gasteiger partial charge in [0.15, 0.2) is 11.5 Å². The van der Waals surface area contributed by atoms with E-state index >= 15 is 0 Å². The summed E-state index contributed by atoms with van der Waals surface area (Å²) in [6, 6.07) is 11.7. The van der Waals surface area contributed by atoms with Gasteiger partial charge in [0.2, 0.25) is 5.91 Å². The first-order chi connectivity index (χ1) is 21.0. The number of nitrogens with zero attached hydrogens (tertiary/aromatic N) is 1. The van der Waals surface area contributed by atoms with Crippen molar-refractivity contribution >= 4 is 24.0 Å². The molecule has 2 amide bonds. The first kappa shape index (κ1) is 35.3. The van der Waals surface area contributed by atoms with E-state index in [1.807, 2.05) is 13.8 Å². The lowest BCUT2D eigenvalue weighted by atomic mass is 10.1. The third-order valence-electron chi connectivity index (χ3n) is 6.73. The van der Waals surface area contributed by atoms with Gasteiger partial charge in [0.25, 0.3) is 5.91 Å². The summed E-state index contributed by atoms with van der Waals surface area (Å²) in [5.74, 6) is 0.227. The Hall–Kier alpha value is -3.88. The summed E-state index contributed by atoms with van der Waals surface area (Å²) in [5.41, 5.74) is 3.42. The molecule has 0 atom stereocenters. The average molecular weight is 596 g/mol. The van der Waals surface area contributed by atoms with Gasteiger partial charge in [0.05, 0.1) is 31.5 Å². The smallest absolute Gasteiger partial charge is 0.343 e. The zero-order valence-electron chi connectivity index (χ0n) is 26.1. The van der Waals surface area contributed by atoms with Gasteiger partial charge >= 0.3 is 5.97 Å². The summed E-state index contributed by atoms with van der Waals surface area (Å²) >= 11 is 0. The molecule has 0 heterocycles. The molecule has 0 saturated carbocycles. The molecule has 0 fully saturated rings. The standard InChI is InChI=1S/C34H49N3O6/c1-4-7-8-9-10-11-12-13-14-15-16-17-32(38)35-26-33(39)37-36-25-27-18-23-30(31(24-27)42-6-3)43-34(40)28-19-21-29(22-20-28)41-5-2/h18-25H,4-17,26H2,1-3H3,(H,35,38)(H,37,39)/b36-25+. The molecule has 9 nitrogen and oxygen atoms in total. The summed E-state index contributed by atoms with van der Waals surface area (Å²) in [6.07, 6.45) is 15.3. The largest absolute Gasteiger partial charge is 0.494 e. The maximum Gasteiger partial charge on any atom is 0.343 e. The first-order valence-corrected chi connectivity index (χ1v) is 15.8. The van der Waals surface area contributed by atoms with E-state index in [1.165, 1.54) is 57.6 Å². The van der Waals surface area contributed by atoms with E-state index in [1.54, 1.807) is 42.5 Å². The molecule has 0 spiro atoms. The number of unbranched alkanes of at least 4 members (excludes halogenated alkanes) is 10.